The van der Waals surface area contributed by atoms with Gasteiger partial charge in [0.2, 0.25) is 0 Å². The Morgan fingerprint density at radius 3 is 2.68 bits per heavy atom. The Kier molecular flexibility index (Phi) is 5.14. The van der Waals surface area contributed by atoms with E-state index in [2.05, 4.69) is 17.2 Å². The highest BCUT2D eigenvalue weighted by Crippen LogP contribution is 2.24. The van der Waals surface area contributed by atoms with Gasteiger partial charge in [-0.25, -0.2) is 4.79 Å². The molecule has 1 aliphatic heterocycles. The molecule has 0 saturated heterocycles. The summed E-state index contributed by atoms with van der Waals surface area (Å²) in [5.41, 5.74) is 3.70. The number of urea groups is 1. The van der Waals surface area contributed by atoms with Gasteiger partial charge in [0.15, 0.2) is 0 Å². The van der Waals surface area contributed by atoms with Gasteiger partial charge in [-0.15, -0.1) is 6.58 Å². The Labute approximate surface area is 147 Å². The van der Waals surface area contributed by atoms with Crippen LogP contribution >= 0.6 is 0 Å². The maximum Gasteiger partial charge on any atom is 0.319 e. The van der Waals surface area contributed by atoms with Crippen LogP contribution in [0.4, 0.5) is 10.5 Å². The van der Waals surface area contributed by atoms with Crippen LogP contribution < -0.4 is 10.6 Å². The molecule has 0 fully saturated rings. The summed E-state index contributed by atoms with van der Waals surface area (Å²) in [7, 11) is 0. The maximum atomic E-state index is 12.6. The SMILES string of the molecule is C=CCNC(=O)Nc1ccc2c(c1)CN(C(=O)c1ccccc1)CC2. The summed E-state index contributed by atoms with van der Waals surface area (Å²) in [5, 5.41) is 5.48. The lowest BCUT2D eigenvalue weighted by molar-refractivity contribution is 0.0734. The lowest BCUT2D eigenvalue weighted by Crippen LogP contribution is -2.36. The molecule has 1 heterocycles. The first kappa shape index (κ1) is 16.8. The molecule has 0 unspecified atom stereocenters. The third-order valence-corrected chi connectivity index (χ3v) is 4.19. The number of carbonyl (C=O) groups excluding carboxylic acids is 2. The van der Waals surface area contributed by atoms with E-state index in [0.29, 0.717) is 30.9 Å². The number of nitrogens with zero attached hydrogens (tertiary/aromatic N) is 1. The summed E-state index contributed by atoms with van der Waals surface area (Å²) in [6, 6.07) is 14.9. The van der Waals surface area contributed by atoms with E-state index in [1.165, 1.54) is 5.56 Å². The molecule has 1 aliphatic rings. The van der Waals surface area contributed by atoms with Gasteiger partial charge in [-0.2, -0.15) is 0 Å². The zero-order valence-corrected chi connectivity index (χ0v) is 14.0. The van der Waals surface area contributed by atoms with Gasteiger partial charge in [0.25, 0.3) is 5.91 Å². The Morgan fingerprint density at radius 1 is 1.12 bits per heavy atom. The molecule has 0 bridgehead atoms. The van der Waals surface area contributed by atoms with E-state index < -0.39 is 0 Å². The topological polar surface area (TPSA) is 61.4 Å². The van der Waals surface area contributed by atoms with Gasteiger partial charge in [-0.05, 0) is 41.8 Å². The molecule has 128 valence electrons. The molecule has 2 aromatic carbocycles. The summed E-state index contributed by atoms with van der Waals surface area (Å²) >= 11 is 0. The molecule has 0 atom stereocenters. The van der Waals surface area contributed by atoms with Crippen LogP contribution in [-0.2, 0) is 13.0 Å². The van der Waals surface area contributed by atoms with Gasteiger partial charge < -0.3 is 15.5 Å². The first-order valence-corrected chi connectivity index (χ1v) is 8.29. The van der Waals surface area contributed by atoms with Crippen LogP contribution in [-0.4, -0.2) is 29.9 Å². The van der Waals surface area contributed by atoms with Crippen molar-refractivity contribution in [3.8, 4) is 0 Å². The second-order valence-electron chi connectivity index (χ2n) is 5.95. The number of amides is 3. The van der Waals surface area contributed by atoms with Crippen LogP contribution in [0.25, 0.3) is 0 Å². The van der Waals surface area contributed by atoms with Crippen molar-refractivity contribution in [2.75, 3.05) is 18.4 Å². The van der Waals surface area contributed by atoms with Crippen molar-refractivity contribution in [1.29, 1.82) is 0 Å². The largest absolute Gasteiger partial charge is 0.334 e. The van der Waals surface area contributed by atoms with E-state index >= 15 is 0 Å². The Balaban J connectivity index is 1.71. The zero-order valence-electron chi connectivity index (χ0n) is 14.0. The molecule has 0 aliphatic carbocycles. The van der Waals surface area contributed by atoms with E-state index in [1.807, 2.05) is 53.4 Å². The van der Waals surface area contributed by atoms with Gasteiger partial charge in [-0.1, -0.05) is 30.3 Å². The lowest BCUT2D eigenvalue weighted by Gasteiger charge is -2.29. The fourth-order valence-corrected chi connectivity index (χ4v) is 2.91. The number of benzene rings is 2. The van der Waals surface area contributed by atoms with Crippen LogP contribution in [0, 0.1) is 0 Å². The van der Waals surface area contributed by atoms with Crippen LogP contribution in [0.15, 0.2) is 61.2 Å². The van der Waals surface area contributed by atoms with E-state index in [0.717, 1.165) is 12.0 Å². The van der Waals surface area contributed by atoms with Crippen molar-refractivity contribution in [1.82, 2.24) is 10.2 Å². The highest BCUT2D eigenvalue weighted by molar-refractivity contribution is 5.94. The molecule has 0 spiro atoms. The minimum Gasteiger partial charge on any atom is -0.334 e. The van der Waals surface area contributed by atoms with E-state index in [9.17, 15) is 9.59 Å². The number of rotatable bonds is 4. The molecule has 5 heteroatoms. The van der Waals surface area contributed by atoms with Crippen molar-refractivity contribution < 1.29 is 9.59 Å². The second kappa shape index (κ2) is 7.66. The average Bonchev–Trinajstić information content (AvgIpc) is 2.66. The quantitative estimate of drug-likeness (QED) is 0.843. The Hall–Kier alpha value is -3.08. The number of fused-ring (bicyclic) bond motifs is 1. The Bertz CT molecular complexity index is 787. The number of carbonyl (C=O) groups is 2. The minimum absolute atomic E-state index is 0.0355. The molecule has 5 nitrogen and oxygen atoms in total. The second-order valence-corrected chi connectivity index (χ2v) is 5.95. The molecule has 3 rings (SSSR count). The van der Waals surface area contributed by atoms with Gasteiger partial charge >= 0.3 is 6.03 Å². The summed E-state index contributed by atoms with van der Waals surface area (Å²) < 4.78 is 0. The summed E-state index contributed by atoms with van der Waals surface area (Å²) in [5.74, 6) is 0.0355. The predicted octanol–water partition coefficient (Wildman–Crippen LogP) is 3.19. The van der Waals surface area contributed by atoms with Crippen molar-refractivity contribution in [2.24, 2.45) is 0 Å². The highest BCUT2D eigenvalue weighted by Gasteiger charge is 2.22. The molecule has 25 heavy (non-hydrogen) atoms. The predicted molar refractivity (Wildman–Crippen MR) is 98.5 cm³/mol. The molecular formula is C20H21N3O2. The summed E-state index contributed by atoms with van der Waals surface area (Å²) in [6.45, 7) is 5.23. The third kappa shape index (κ3) is 4.07. The molecule has 0 saturated carbocycles. The monoisotopic (exact) mass is 335 g/mol. The van der Waals surface area contributed by atoms with E-state index in [1.54, 1.807) is 6.08 Å². The maximum absolute atomic E-state index is 12.6. The average molecular weight is 335 g/mol. The van der Waals surface area contributed by atoms with E-state index in [-0.39, 0.29) is 11.9 Å². The fraction of sp³-hybridized carbons (Fsp3) is 0.200. The van der Waals surface area contributed by atoms with Crippen molar-refractivity contribution in [3.63, 3.8) is 0 Å². The Morgan fingerprint density at radius 2 is 1.92 bits per heavy atom. The van der Waals surface area contributed by atoms with Gasteiger partial charge in [0.1, 0.15) is 0 Å². The minimum atomic E-state index is -0.270. The number of hydrogen-bond donors (Lipinski definition) is 2. The van der Waals surface area contributed by atoms with Crippen LogP contribution in [0.2, 0.25) is 0 Å². The highest BCUT2D eigenvalue weighted by atomic mass is 16.2. The first-order chi connectivity index (χ1) is 12.2. The van der Waals surface area contributed by atoms with Crippen molar-refractivity contribution in [2.45, 2.75) is 13.0 Å². The fourth-order valence-electron chi connectivity index (χ4n) is 2.91. The molecule has 0 aromatic heterocycles. The number of nitrogens with one attached hydrogen (secondary N) is 2. The summed E-state index contributed by atoms with van der Waals surface area (Å²) in [4.78, 5) is 26.2. The van der Waals surface area contributed by atoms with Crippen LogP contribution in [0.3, 0.4) is 0 Å². The molecular weight excluding hydrogens is 314 g/mol. The number of anilines is 1. The summed E-state index contributed by atoms with van der Waals surface area (Å²) in [6.07, 6.45) is 2.44. The molecule has 2 N–H and O–H groups in total. The van der Waals surface area contributed by atoms with Gasteiger partial charge in [0, 0.05) is 30.9 Å². The van der Waals surface area contributed by atoms with Crippen LogP contribution in [0.1, 0.15) is 21.5 Å². The van der Waals surface area contributed by atoms with Crippen LogP contribution in [0.5, 0.6) is 0 Å². The zero-order chi connectivity index (χ0) is 17.6. The van der Waals surface area contributed by atoms with E-state index in [4.69, 9.17) is 0 Å². The van der Waals surface area contributed by atoms with Crippen molar-refractivity contribution >= 4 is 17.6 Å². The lowest BCUT2D eigenvalue weighted by atomic mass is 9.98. The smallest absolute Gasteiger partial charge is 0.319 e. The first-order valence-electron chi connectivity index (χ1n) is 8.29. The van der Waals surface area contributed by atoms with Gasteiger partial charge in [0.05, 0.1) is 0 Å². The number of hydrogen-bond acceptors (Lipinski definition) is 2. The van der Waals surface area contributed by atoms with Crippen molar-refractivity contribution in [3.05, 3.63) is 77.9 Å². The van der Waals surface area contributed by atoms with Gasteiger partial charge in [-0.3, -0.25) is 4.79 Å². The third-order valence-electron chi connectivity index (χ3n) is 4.19. The molecule has 0 radical (unpaired) electrons. The normalized spacial score (nSPS) is 12.9. The molecule has 3 amide bonds. The standard InChI is InChI=1S/C20H21N3O2/c1-2-11-21-20(25)22-18-9-8-15-10-12-23(14-17(15)13-18)19(24)16-6-4-3-5-7-16/h2-9,13H,1,10-12,14H2,(H2,21,22,25). The molecule has 2 aromatic rings.